The molecule has 0 aliphatic carbocycles. The summed E-state index contributed by atoms with van der Waals surface area (Å²) < 4.78 is 0. The fourth-order valence-corrected chi connectivity index (χ4v) is 0.898. The molecule has 0 N–H and O–H groups in total. The van der Waals surface area contributed by atoms with E-state index in [1.165, 1.54) is 16.7 Å². The first-order valence-electron chi connectivity index (χ1n) is 3.24. The van der Waals surface area contributed by atoms with Crippen LogP contribution < -0.4 is 0 Å². The Labute approximate surface area is 84.9 Å². The molecule has 0 unspecified atom stereocenters. The number of rotatable bonds is 0. The fraction of sp³-hybridized carbons (Fsp3) is 0.333. The number of benzene rings is 1. The Hall–Kier alpha value is 0.220. The van der Waals surface area contributed by atoms with Gasteiger partial charge in [-0.05, 0) is 37.5 Å². The minimum atomic E-state index is 0. The molecule has 0 heterocycles. The van der Waals surface area contributed by atoms with Gasteiger partial charge in [-0.15, -0.1) is 0 Å². The van der Waals surface area contributed by atoms with Crippen molar-refractivity contribution in [1.29, 1.82) is 0 Å². The quantitative estimate of drug-likeness (QED) is 0.488. The molecule has 0 bridgehead atoms. The minimum Gasteiger partial charge on any atom is -0.0617 e. The maximum atomic E-state index is 2.16. The number of hydrogen-bond donors (Lipinski definition) is 0. The van der Waals surface area contributed by atoms with Gasteiger partial charge >= 0.3 is 0 Å². The minimum absolute atomic E-state index is 0. The summed E-state index contributed by atoms with van der Waals surface area (Å²) in [6, 6.07) is 6.38. The van der Waals surface area contributed by atoms with E-state index in [1.807, 2.05) is 0 Å². The van der Waals surface area contributed by atoms with Gasteiger partial charge in [-0.3, -0.25) is 0 Å². The summed E-state index contributed by atoms with van der Waals surface area (Å²) in [5.41, 5.74) is 4.18. The molecule has 1 rings (SSSR count). The molecule has 1 aromatic carbocycles. The van der Waals surface area contributed by atoms with Crippen molar-refractivity contribution in [2.45, 2.75) is 20.8 Å². The van der Waals surface area contributed by atoms with Crippen molar-refractivity contribution in [3.05, 3.63) is 34.9 Å². The molecule has 1 heteroatoms. The van der Waals surface area contributed by atoms with Gasteiger partial charge in [-0.2, -0.15) is 0 Å². The largest absolute Gasteiger partial charge is 0.0617 e. The van der Waals surface area contributed by atoms with Crippen LogP contribution in [0.15, 0.2) is 18.2 Å². The summed E-state index contributed by atoms with van der Waals surface area (Å²) in [5.74, 6) is 0. The van der Waals surface area contributed by atoms with Crippen molar-refractivity contribution in [2.75, 3.05) is 0 Å². The molecule has 0 fully saturated rings. The van der Waals surface area contributed by atoms with E-state index in [4.69, 9.17) is 0 Å². The molecule has 0 saturated heterocycles. The molecule has 0 aromatic heterocycles. The summed E-state index contributed by atoms with van der Waals surface area (Å²) in [7, 11) is 0. The molecule has 49 valence electrons. The van der Waals surface area contributed by atoms with E-state index in [9.17, 15) is 0 Å². The van der Waals surface area contributed by atoms with E-state index in [1.54, 1.807) is 0 Å². The van der Waals surface area contributed by atoms with Crippen LogP contribution in [0.5, 0.6) is 0 Å². The zero-order valence-electron chi connectivity index (χ0n) is 7.23. The zero-order valence-corrected chi connectivity index (χ0v) is 9.23. The molecule has 0 aliphatic rings. The third-order valence-corrected chi connectivity index (χ3v) is 1.88. The van der Waals surface area contributed by atoms with Crippen LogP contribution in [0.1, 0.15) is 16.7 Å². The Kier molecular flexibility index (Phi) is 4.26. The van der Waals surface area contributed by atoms with Crippen LogP contribution in [0.3, 0.4) is 0 Å². The Bertz CT molecular complexity index is 196. The van der Waals surface area contributed by atoms with E-state index < -0.39 is 0 Å². The van der Waals surface area contributed by atoms with E-state index in [-0.39, 0.29) is 29.6 Å². The van der Waals surface area contributed by atoms with Crippen LogP contribution in [0, 0.1) is 20.8 Å². The van der Waals surface area contributed by atoms with Gasteiger partial charge in [0, 0.05) is 29.6 Å². The van der Waals surface area contributed by atoms with Gasteiger partial charge in [-0.1, -0.05) is 18.2 Å². The van der Waals surface area contributed by atoms with Gasteiger partial charge in [0.1, 0.15) is 0 Å². The van der Waals surface area contributed by atoms with Crippen LogP contribution in [-0.2, 0) is 0 Å². The molecule has 1 radical (unpaired) electrons. The molecule has 0 spiro atoms. The van der Waals surface area contributed by atoms with Gasteiger partial charge in [0.2, 0.25) is 0 Å². The van der Waals surface area contributed by atoms with Gasteiger partial charge in [0.05, 0.1) is 0 Å². The Morgan fingerprint density at radius 2 is 1.30 bits per heavy atom. The van der Waals surface area contributed by atoms with E-state index in [2.05, 4.69) is 39.0 Å². The van der Waals surface area contributed by atoms with Crippen LogP contribution in [0.2, 0.25) is 0 Å². The molecule has 0 amide bonds. The average molecular weight is 143 g/mol. The summed E-state index contributed by atoms with van der Waals surface area (Å²) in [6.07, 6.45) is 0. The molecule has 0 aliphatic heterocycles. The topological polar surface area (TPSA) is 0 Å². The van der Waals surface area contributed by atoms with Gasteiger partial charge in [0.25, 0.3) is 0 Å². The molecular weight excluding hydrogens is 131 g/mol. The Morgan fingerprint density at radius 3 is 1.60 bits per heavy atom. The smallest absolute Gasteiger partial charge is 0 e. The summed E-state index contributed by atoms with van der Waals surface area (Å²) in [5, 5.41) is 0. The van der Waals surface area contributed by atoms with Crippen molar-refractivity contribution in [2.24, 2.45) is 0 Å². The summed E-state index contributed by atoms with van der Waals surface area (Å²) in [4.78, 5) is 0. The first kappa shape index (κ1) is 10.2. The predicted octanol–water partition coefficient (Wildman–Crippen LogP) is 2.23. The van der Waals surface area contributed by atoms with Crippen LogP contribution in [0.4, 0.5) is 0 Å². The molecule has 10 heavy (non-hydrogen) atoms. The molecule has 0 atom stereocenters. The number of aryl methyl sites for hydroxylation is 2. The average Bonchev–Trinajstić information content (AvgIpc) is 1.83. The van der Waals surface area contributed by atoms with Gasteiger partial charge in [0.15, 0.2) is 0 Å². The zero-order chi connectivity index (χ0) is 6.85. The second kappa shape index (κ2) is 4.17. The summed E-state index contributed by atoms with van der Waals surface area (Å²) >= 11 is 0. The van der Waals surface area contributed by atoms with Crippen LogP contribution in [-0.4, -0.2) is 29.6 Å². The normalized spacial score (nSPS) is 8.70. The number of hydrogen-bond acceptors (Lipinski definition) is 0. The third-order valence-electron chi connectivity index (χ3n) is 1.88. The summed E-state index contributed by atoms with van der Waals surface area (Å²) in [6.45, 7) is 6.44. The second-order valence-corrected chi connectivity index (χ2v) is 2.52. The van der Waals surface area contributed by atoms with Crippen molar-refractivity contribution in [3.8, 4) is 0 Å². The molecule has 0 saturated carbocycles. The van der Waals surface area contributed by atoms with Crippen LogP contribution >= 0.6 is 0 Å². The Morgan fingerprint density at radius 1 is 0.900 bits per heavy atom. The predicted molar refractivity (Wildman–Crippen MR) is 46.4 cm³/mol. The van der Waals surface area contributed by atoms with E-state index >= 15 is 0 Å². The van der Waals surface area contributed by atoms with Gasteiger partial charge < -0.3 is 0 Å². The van der Waals surface area contributed by atoms with Crippen molar-refractivity contribution in [1.82, 2.24) is 0 Å². The van der Waals surface area contributed by atoms with Gasteiger partial charge in [-0.25, -0.2) is 0 Å². The molecule has 0 nitrogen and oxygen atoms in total. The fourth-order valence-electron chi connectivity index (χ4n) is 0.898. The maximum absolute atomic E-state index is 2.16. The first-order valence-corrected chi connectivity index (χ1v) is 3.24. The van der Waals surface area contributed by atoms with Crippen molar-refractivity contribution in [3.63, 3.8) is 0 Å². The monoisotopic (exact) mass is 143 g/mol. The second-order valence-electron chi connectivity index (χ2n) is 2.52. The molecular formula is C9H12Na. The molecule has 1 aromatic rings. The maximum Gasteiger partial charge on any atom is 0 e. The SMILES string of the molecule is Cc1cccc(C)c1C.[Na]. The van der Waals surface area contributed by atoms with Crippen molar-refractivity contribution >= 4 is 29.6 Å². The van der Waals surface area contributed by atoms with E-state index in [0.717, 1.165) is 0 Å². The Balaban J connectivity index is 0.000000810. The standard InChI is InChI=1S/C9H12.Na/c1-7-5-4-6-8(2)9(7)3;/h4-6H,1-3H3;. The van der Waals surface area contributed by atoms with Crippen LogP contribution in [0.25, 0.3) is 0 Å². The van der Waals surface area contributed by atoms with E-state index in [0.29, 0.717) is 0 Å². The van der Waals surface area contributed by atoms with Crippen molar-refractivity contribution < 1.29 is 0 Å². The first-order chi connectivity index (χ1) is 4.22. The third kappa shape index (κ3) is 2.12.